The van der Waals surface area contributed by atoms with E-state index in [0.717, 1.165) is 38.3 Å². The van der Waals surface area contributed by atoms with Gasteiger partial charge in [0, 0.05) is 16.6 Å². The Morgan fingerprint density at radius 3 is 2.54 bits per heavy atom. The van der Waals surface area contributed by atoms with Crippen molar-refractivity contribution in [2.24, 2.45) is 0 Å². The van der Waals surface area contributed by atoms with Crippen molar-refractivity contribution in [2.45, 2.75) is 13.3 Å². The van der Waals surface area contributed by atoms with Crippen molar-refractivity contribution in [3.63, 3.8) is 0 Å². The van der Waals surface area contributed by atoms with E-state index in [9.17, 15) is 4.79 Å². The van der Waals surface area contributed by atoms with Crippen molar-refractivity contribution in [1.29, 1.82) is 0 Å². The highest BCUT2D eigenvalue weighted by Crippen LogP contribution is 2.31. The van der Waals surface area contributed by atoms with Crippen molar-refractivity contribution in [1.82, 2.24) is 9.88 Å². The first-order chi connectivity index (χ1) is 12.4. The smallest absolute Gasteiger partial charge is 0.260 e. The summed E-state index contributed by atoms with van der Waals surface area (Å²) in [6.07, 6.45) is 0.893. The fourth-order valence-electron chi connectivity index (χ4n) is 2.68. The third-order valence-electron chi connectivity index (χ3n) is 4.10. The predicted molar refractivity (Wildman–Crippen MR) is 113 cm³/mol. The van der Waals surface area contributed by atoms with Gasteiger partial charge in [-0.05, 0) is 64.3 Å². The first kappa shape index (κ1) is 19.0. The van der Waals surface area contributed by atoms with Crippen molar-refractivity contribution < 1.29 is 4.79 Å². The van der Waals surface area contributed by atoms with Gasteiger partial charge >= 0.3 is 0 Å². The van der Waals surface area contributed by atoms with Gasteiger partial charge in [-0.15, -0.1) is 0 Å². The number of carbonyl (C=O) groups is 1. The SMILES string of the molecule is Cc1ccc(C(=O)N(CCCN(C)C)c2nc3ccc(Br)cc3s2)cc1. The monoisotopic (exact) mass is 431 g/mol. The summed E-state index contributed by atoms with van der Waals surface area (Å²) in [6.45, 7) is 3.59. The second-order valence-corrected chi connectivity index (χ2v) is 8.51. The van der Waals surface area contributed by atoms with Crippen LogP contribution in [0.2, 0.25) is 0 Å². The number of halogens is 1. The van der Waals surface area contributed by atoms with E-state index in [1.54, 1.807) is 11.3 Å². The molecule has 0 N–H and O–H groups in total. The number of aryl methyl sites for hydroxylation is 1. The lowest BCUT2D eigenvalue weighted by molar-refractivity contribution is 0.0986. The molecule has 0 unspecified atom stereocenters. The van der Waals surface area contributed by atoms with Crippen molar-refractivity contribution in [3.8, 4) is 0 Å². The Bertz CT molecular complexity index is 905. The largest absolute Gasteiger partial charge is 0.309 e. The van der Waals surface area contributed by atoms with Gasteiger partial charge in [0.2, 0.25) is 0 Å². The fourth-order valence-corrected chi connectivity index (χ4v) is 4.22. The van der Waals surface area contributed by atoms with Crippen LogP contribution in [-0.2, 0) is 0 Å². The number of benzene rings is 2. The van der Waals surface area contributed by atoms with Gasteiger partial charge in [0.1, 0.15) is 0 Å². The molecule has 0 spiro atoms. The number of aromatic nitrogens is 1. The van der Waals surface area contributed by atoms with E-state index >= 15 is 0 Å². The highest BCUT2D eigenvalue weighted by atomic mass is 79.9. The van der Waals surface area contributed by atoms with Gasteiger partial charge in [0.25, 0.3) is 5.91 Å². The van der Waals surface area contributed by atoms with Crippen LogP contribution in [-0.4, -0.2) is 43.0 Å². The molecular weight excluding hydrogens is 410 g/mol. The molecule has 0 saturated heterocycles. The Kier molecular flexibility index (Phi) is 6.06. The number of hydrogen-bond donors (Lipinski definition) is 0. The molecule has 0 fully saturated rings. The molecule has 2 aromatic carbocycles. The molecular formula is C20H22BrN3OS. The van der Waals surface area contributed by atoms with E-state index in [1.807, 2.05) is 68.4 Å². The summed E-state index contributed by atoms with van der Waals surface area (Å²) in [5.41, 5.74) is 2.76. The lowest BCUT2D eigenvalue weighted by Gasteiger charge is -2.21. The average Bonchev–Trinajstić information content (AvgIpc) is 3.01. The zero-order chi connectivity index (χ0) is 18.7. The maximum atomic E-state index is 13.1. The summed E-state index contributed by atoms with van der Waals surface area (Å²) in [5.74, 6) is 0.00174. The van der Waals surface area contributed by atoms with Gasteiger partial charge in [-0.2, -0.15) is 0 Å². The number of thiazole rings is 1. The second-order valence-electron chi connectivity index (χ2n) is 6.59. The van der Waals surface area contributed by atoms with Crippen LogP contribution in [0.3, 0.4) is 0 Å². The highest BCUT2D eigenvalue weighted by molar-refractivity contribution is 9.10. The number of amides is 1. The lowest BCUT2D eigenvalue weighted by atomic mass is 10.1. The fraction of sp³-hybridized carbons (Fsp3) is 0.300. The maximum absolute atomic E-state index is 13.1. The topological polar surface area (TPSA) is 36.4 Å². The van der Waals surface area contributed by atoms with E-state index < -0.39 is 0 Å². The number of fused-ring (bicyclic) bond motifs is 1. The van der Waals surface area contributed by atoms with Gasteiger partial charge < -0.3 is 4.90 Å². The highest BCUT2D eigenvalue weighted by Gasteiger charge is 2.21. The first-order valence-electron chi connectivity index (χ1n) is 8.53. The van der Waals surface area contributed by atoms with E-state index in [1.165, 1.54) is 0 Å². The standard InChI is InChI=1S/C20H22BrN3OS/c1-14-5-7-15(8-6-14)19(25)24(12-4-11-23(2)3)20-22-17-10-9-16(21)13-18(17)26-20/h5-10,13H,4,11-12H2,1-3H3. The van der Waals surface area contributed by atoms with Crippen LogP contribution in [0.4, 0.5) is 5.13 Å². The van der Waals surface area contributed by atoms with E-state index in [-0.39, 0.29) is 5.91 Å². The Hall–Kier alpha value is -1.76. The van der Waals surface area contributed by atoms with Gasteiger partial charge in [0.15, 0.2) is 5.13 Å². The molecule has 0 aliphatic carbocycles. The third-order valence-corrected chi connectivity index (χ3v) is 5.64. The van der Waals surface area contributed by atoms with Crippen molar-refractivity contribution in [2.75, 3.05) is 32.1 Å². The molecule has 1 aromatic heterocycles. The number of carbonyl (C=O) groups excluding carboxylic acids is 1. The zero-order valence-electron chi connectivity index (χ0n) is 15.2. The maximum Gasteiger partial charge on any atom is 0.260 e. The summed E-state index contributed by atoms with van der Waals surface area (Å²) in [6, 6.07) is 13.7. The third kappa shape index (κ3) is 4.50. The van der Waals surface area contributed by atoms with Crippen molar-refractivity contribution in [3.05, 3.63) is 58.1 Å². The molecule has 136 valence electrons. The lowest BCUT2D eigenvalue weighted by Crippen LogP contribution is -2.33. The van der Waals surface area contributed by atoms with Crippen LogP contribution < -0.4 is 4.90 Å². The van der Waals surface area contributed by atoms with Gasteiger partial charge in [0.05, 0.1) is 10.2 Å². The van der Waals surface area contributed by atoms with Crippen LogP contribution in [0.5, 0.6) is 0 Å². The molecule has 26 heavy (non-hydrogen) atoms. The minimum Gasteiger partial charge on any atom is -0.309 e. The molecule has 0 aliphatic heterocycles. The quantitative estimate of drug-likeness (QED) is 0.552. The van der Waals surface area contributed by atoms with E-state index in [0.29, 0.717) is 12.1 Å². The van der Waals surface area contributed by atoms with Crippen LogP contribution in [0.1, 0.15) is 22.3 Å². The predicted octanol–water partition coefficient (Wildman–Crippen LogP) is 4.97. The molecule has 6 heteroatoms. The van der Waals surface area contributed by atoms with Gasteiger partial charge in [-0.1, -0.05) is 45.0 Å². The molecule has 0 saturated carbocycles. The molecule has 1 heterocycles. The minimum atomic E-state index is 0.00174. The summed E-state index contributed by atoms with van der Waals surface area (Å²) >= 11 is 5.06. The Labute approximate surface area is 166 Å². The molecule has 4 nitrogen and oxygen atoms in total. The summed E-state index contributed by atoms with van der Waals surface area (Å²) in [5, 5.41) is 0.752. The molecule has 3 aromatic rings. The van der Waals surface area contributed by atoms with Crippen LogP contribution in [0.15, 0.2) is 46.9 Å². The van der Waals surface area contributed by atoms with E-state index in [2.05, 4.69) is 20.8 Å². The van der Waals surface area contributed by atoms with Crippen molar-refractivity contribution >= 4 is 48.5 Å². The zero-order valence-corrected chi connectivity index (χ0v) is 17.6. The number of anilines is 1. The molecule has 0 aliphatic rings. The van der Waals surface area contributed by atoms with Crippen LogP contribution >= 0.6 is 27.3 Å². The molecule has 0 atom stereocenters. The first-order valence-corrected chi connectivity index (χ1v) is 10.1. The molecule has 3 rings (SSSR count). The van der Waals surface area contributed by atoms with E-state index in [4.69, 9.17) is 4.98 Å². The Morgan fingerprint density at radius 2 is 1.85 bits per heavy atom. The van der Waals surface area contributed by atoms with Crippen LogP contribution in [0, 0.1) is 6.92 Å². The molecule has 1 amide bonds. The normalized spacial score (nSPS) is 11.3. The number of nitrogens with zero attached hydrogens (tertiary/aromatic N) is 3. The minimum absolute atomic E-state index is 0.00174. The second kappa shape index (κ2) is 8.29. The Morgan fingerprint density at radius 1 is 1.12 bits per heavy atom. The summed E-state index contributed by atoms with van der Waals surface area (Å²) < 4.78 is 2.09. The number of rotatable bonds is 6. The van der Waals surface area contributed by atoms with Gasteiger partial charge in [-0.3, -0.25) is 9.69 Å². The Balaban J connectivity index is 1.92. The van der Waals surface area contributed by atoms with Gasteiger partial charge in [-0.25, -0.2) is 4.98 Å². The molecule has 0 radical (unpaired) electrons. The number of hydrogen-bond acceptors (Lipinski definition) is 4. The summed E-state index contributed by atoms with van der Waals surface area (Å²) in [4.78, 5) is 21.8. The average molecular weight is 432 g/mol. The summed E-state index contributed by atoms with van der Waals surface area (Å²) in [7, 11) is 4.09. The van der Waals surface area contributed by atoms with Crippen LogP contribution in [0.25, 0.3) is 10.2 Å². The molecule has 0 bridgehead atoms.